The van der Waals surface area contributed by atoms with Gasteiger partial charge in [-0.25, -0.2) is 14.4 Å². The second-order valence-electron chi connectivity index (χ2n) is 7.59. The lowest BCUT2D eigenvalue weighted by atomic mass is 9.81. The van der Waals surface area contributed by atoms with Crippen molar-refractivity contribution in [1.82, 2.24) is 9.97 Å². The number of rotatable bonds is 3. The molecule has 27 heavy (non-hydrogen) atoms. The zero-order chi connectivity index (χ0) is 18.9. The molecule has 0 bridgehead atoms. The van der Waals surface area contributed by atoms with Gasteiger partial charge in [-0.05, 0) is 24.8 Å². The predicted molar refractivity (Wildman–Crippen MR) is 101 cm³/mol. The summed E-state index contributed by atoms with van der Waals surface area (Å²) in [5.41, 5.74) is 1.20. The van der Waals surface area contributed by atoms with Crippen LogP contribution in [0.3, 0.4) is 0 Å². The highest BCUT2D eigenvalue weighted by Gasteiger charge is 2.44. The van der Waals surface area contributed by atoms with Crippen LogP contribution in [-0.4, -0.2) is 39.9 Å². The van der Waals surface area contributed by atoms with E-state index in [0.717, 1.165) is 18.4 Å². The van der Waals surface area contributed by atoms with Gasteiger partial charge in [0.15, 0.2) is 11.6 Å². The Morgan fingerprint density at radius 2 is 1.96 bits per heavy atom. The Balaban J connectivity index is 1.49. The number of piperidine rings is 1. The van der Waals surface area contributed by atoms with Gasteiger partial charge < -0.3 is 14.7 Å². The van der Waals surface area contributed by atoms with Crippen LogP contribution in [0, 0.1) is 5.82 Å². The molecule has 1 N–H and O–H groups in total. The molecule has 0 saturated carbocycles. The first-order valence-corrected chi connectivity index (χ1v) is 9.75. The summed E-state index contributed by atoms with van der Waals surface area (Å²) in [4.78, 5) is 10.2. The molecule has 3 heterocycles. The van der Waals surface area contributed by atoms with Gasteiger partial charge in [-0.1, -0.05) is 37.3 Å². The average molecular weight is 371 g/mol. The van der Waals surface area contributed by atoms with Crippen LogP contribution < -0.4 is 4.90 Å². The number of aromatic nitrogens is 2. The number of benzene rings is 1. The van der Waals surface area contributed by atoms with Gasteiger partial charge in [-0.3, -0.25) is 0 Å². The minimum Gasteiger partial charge on any atom is -0.393 e. The van der Waals surface area contributed by atoms with Crippen molar-refractivity contribution in [2.75, 3.05) is 18.0 Å². The zero-order valence-corrected chi connectivity index (χ0v) is 15.6. The Bertz CT molecular complexity index is 778. The molecule has 2 aliphatic heterocycles. The van der Waals surface area contributed by atoms with Crippen LogP contribution in [0.2, 0.25) is 0 Å². The van der Waals surface area contributed by atoms with Crippen molar-refractivity contribution in [2.24, 2.45) is 0 Å². The normalized spacial score (nSPS) is 24.9. The number of aliphatic hydroxyl groups excluding tert-OH is 1. The van der Waals surface area contributed by atoms with Gasteiger partial charge in [0, 0.05) is 25.9 Å². The molecule has 0 amide bonds. The minimum atomic E-state index is -0.377. The predicted octanol–water partition coefficient (Wildman–Crippen LogP) is 3.43. The van der Waals surface area contributed by atoms with Crippen molar-refractivity contribution < 1.29 is 14.2 Å². The summed E-state index contributed by atoms with van der Waals surface area (Å²) >= 11 is 0. The number of nitrogens with zero attached hydrogens (tertiary/aromatic N) is 3. The fraction of sp³-hybridized carbons (Fsp3) is 0.524. The molecule has 0 aliphatic carbocycles. The number of hydrogen-bond acceptors (Lipinski definition) is 5. The maximum Gasteiger partial charge on any atom is 0.187 e. The summed E-state index contributed by atoms with van der Waals surface area (Å²) in [6, 6.07) is 10.1. The molecule has 6 heteroatoms. The van der Waals surface area contributed by atoms with Crippen molar-refractivity contribution in [1.29, 1.82) is 0 Å². The van der Waals surface area contributed by atoms with Crippen LogP contribution in [0.5, 0.6) is 0 Å². The van der Waals surface area contributed by atoms with Gasteiger partial charge in [0.1, 0.15) is 6.33 Å². The van der Waals surface area contributed by atoms with Crippen LogP contribution in [-0.2, 0) is 11.2 Å². The SMILES string of the molecule is CCc1ncnc(N2CCC3(CC2)C[C@H](O)C[C@H](c2ccccc2)O3)c1F. The van der Waals surface area contributed by atoms with E-state index in [1.54, 1.807) is 0 Å². The maximum atomic E-state index is 14.6. The number of ether oxygens (including phenoxy) is 1. The number of aryl methyl sites for hydroxylation is 1. The monoisotopic (exact) mass is 371 g/mol. The summed E-state index contributed by atoms with van der Waals surface area (Å²) < 4.78 is 21.1. The second-order valence-corrected chi connectivity index (χ2v) is 7.59. The van der Waals surface area contributed by atoms with Gasteiger partial charge in [0.25, 0.3) is 0 Å². The van der Waals surface area contributed by atoms with Crippen LogP contribution in [0.15, 0.2) is 36.7 Å². The Morgan fingerprint density at radius 1 is 1.22 bits per heavy atom. The van der Waals surface area contributed by atoms with Gasteiger partial charge >= 0.3 is 0 Å². The van der Waals surface area contributed by atoms with E-state index in [2.05, 4.69) is 9.97 Å². The fourth-order valence-electron chi connectivity index (χ4n) is 4.34. The summed E-state index contributed by atoms with van der Waals surface area (Å²) in [7, 11) is 0. The lowest BCUT2D eigenvalue weighted by molar-refractivity contribution is -0.173. The van der Waals surface area contributed by atoms with Crippen molar-refractivity contribution in [3.8, 4) is 0 Å². The third kappa shape index (κ3) is 3.69. The number of halogens is 1. The smallest absolute Gasteiger partial charge is 0.187 e. The molecule has 2 aliphatic rings. The van der Waals surface area contributed by atoms with E-state index < -0.39 is 0 Å². The molecule has 2 aromatic rings. The standard InChI is InChI=1S/C21H26FN3O2/c1-2-17-19(22)20(24-14-23-17)25-10-8-21(9-11-25)13-16(26)12-18(27-21)15-6-4-3-5-7-15/h3-7,14,16,18,26H,2,8-13H2,1H3/t16-,18-/m1/s1. The van der Waals surface area contributed by atoms with Crippen molar-refractivity contribution in [3.05, 3.63) is 53.7 Å². The van der Waals surface area contributed by atoms with Crippen LogP contribution in [0.25, 0.3) is 0 Å². The van der Waals surface area contributed by atoms with E-state index in [-0.39, 0.29) is 23.6 Å². The Morgan fingerprint density at radius 3 is 2.67 bits per heavy atom. The van der Waals surface area contributed by atoms with Crippen molar-refractivity contribution in [2.45, 2.75) is 56.8 Å². The van der Waals surface area contributed by atoms with Gasteiger partial charge in [0.2, 0.25) is 0 Å². The zero-order valence-electron chi connectivity index (χ0n) is 15.6. The average Bonchev–Trinajstić information content (AvgIpc) is 2.69. The Hall–Kier alpha value is -2.05. The molecule has 1 spiro atoms. The summed E-state index contributed by atoms with van der Waals surface area (Å²) in [6.45, 7) is 3.21. The summed E-state index contributed by atoms with van der Waals surface area (Å²) in [5, 5.41) is 10.5. The van der Waals surface area contributed by atoms with Crippen LogP contribution in [0.1, 0.15) is 50.0 Å². The summed E-state index contributed by atoms with van der Waals surface area (Å²) in [5.74, 6) is 0.0652. The first-order valence-electron chi connectivity index (χ1n) is 9.75. The number of hydrogen-bond donors (Lipinski definition) is 1. The molecule has 4 rings (SSSR count). The fourth-order valence-corrected chi connectivity index (χ4v) is 4.34. The van der Waals surface area contributed by atoms with Crippen LogP contribution >= 0.6 is 0 Å². The lowest BCUT2D eigenvalue weighted by Crippen LogP contribution is -2.51. The van der Waals surface area contributed by atoms with E-state index in [1.807, 2.05) is 42.2 Å². The van der Waals surface area contributed by atoms with E-state index >= 15 is 0 Å². The Labute approximate surface area is 159 Å². The molecular weight excluding hydrogens is 345 g/mol. The summed E-state index contributed by atoms with van der Waals surface area (Å²) in [6.07, 6.45) is 4.27. The van der Waals surface area contributed by atoms with Crippen LogP contribution in [0.4, 0.5) is 10.2 Å². The molecular formula is C21H26FN3O2. The molecule has 0 radical (unpaired) electrons. The highest BCUT2D eigenvalue weighted by molar-refractivity contribution is 5.41. The third-order valence-electron chi connectivity index (χ3n) is 5.81. The quantitative estimate of drug-likeness (QED) is 0.896. The largest absolute Gasteiger partial charge is 0.393 e. The number of aliphatic hydroxyl groups is 1. The minimum absolute atomic E-state index is 0.0935. The highest BCUT2D eigenvalue weighted by atomic mass is 19.1. The van der Waals surface area contributed by atoms with E-state index in [4.69, 9.17) is 4.74 Å². The lowest BCUT2D eigenvalue weighted by Gasteiger charge is -2.48. The van der Waals surface area contributed by atoms with Crippen molar-refractivity contribution in [3.63, 3.8) is 0 Å². The molecule has 1 aromatic heterocycles. The molecule has 1 aromatic carbocycles. The van der Waals surface area contributed by atoms with E-state index in [0.29, 0.717) is 43.9 Å². The topological polar surface area (TPSA) is 58.5 Å². The Kier molecular flexibility index (Phi) is 5.10. The number of anilines is 1. The molecule has 0 unspecified atom stereocenters. The molecule has 144 valence electrons. The first kappa shape index (κ1) is 18.3. The van der Waals surface area contributed by atoms with E-state index in [9.17, 15) is 9.50 Å². The van der Waals surface area contributed by atoms with Gasteiger partial charge in [-0.15, -0.1) is 0 Å². The van der Waals surface area contributed by atoms with E-state index in [1.165, 1.54) is 6.33 Å². The van der Waals surface area contributed by atoms with Gasteiger partial charge in [0.05, 0.1) is 23.5 Å². The van der Waals surface area contributed by atoms with Crippen molar-refractivity contribution >= 4 is 5.82 Å². The maximum absolute atomic E-state index is 14.6. The molecule has 2 fully saturated rings. The second kappa shape index (κ2) is 7.52. The molecule has 2 saturated heterocycles. The molecule has 2 atom stereocenters. The first-order chi connectivity index (χ1) is 13.1. The third-order valence-corrected chi connectivity index (χ3v) is 5.81. The molecule has 5 nitrogen and oxygen atoms in total. The van der Waals surface area contributed by atoms with Gasteiger partial charge in [-0.2, -0.15) is 0 Å². The highest BCUT2D eigenvalue weighted by Crippen LogP contribution is 2.43.